The zero-order chi connectivity index (χ0) is 13.5. The van der Waals surface area contributed by atoms with Gasteiger partial charge in [0.1, 0.15) is 0 Å². The van der Waals surface area contributed by atoms with Gasteiger partial charge in [-0.2, -0.15) is 0 Å². The first kappa shape index (κ1) is 15.3. The highest BCUT2D eigenvalue weighted by molar-refractivity contribution is 4.79. The normalized spacial score (nSPS) is 31.3. The van der Waals surface area contributed by atoms with Crippen molar-refractivity contribution in [3.8, 4) is 0 Å². The summed E-state index contributed by atoms with van der Waals surface area (Å²) in [5.74, 6) is 1.83. The molecule has 0 saturated carbocycles. The average molecular weight is 266 g/mol. The minimum absolute atomic E-state index is 0.899. The van der Waals surface area contributed by atoms with Gasteiger partial charge in [0.15, 0.2) is 0 Å². The third kappa shape index (κ3) is 4.75. The lowest BCUT2D eigenvalue weighted by Crippen LogP contribution is -2.41. The highest BCUT2D eigenvalue weighted by Crippen LogP contribution is 2.25. The third-order valence-corrected chi connectivity index (χ3v) is 5.38. The maximum Gasteiger partial charge on any atom is 0.00951 e. The second-order valence-electron chi connectivity index (χ2n) is 6.85. The molecule has 2 heterocycles. The van der Waals surface area contributed by atoms with E-state index < -0.39 is 0 Å². The number of rotatable bonds is 6. The van der Waals surface area contributed by atoms with Crippen LogP contribution in [0.3, 0.4) is 0 Å². The van der Waals surface area contributed by atoms with Crippen LogP contribution in [0.5, 0.6) is 0 Å². The summed E-state index contributed by atoms with van der Waals surface area (Å²) in [6.45, 7) is 10.0. The fourth-order valence-electron chi connectivity index (χ4n) is 3.98. The maximum atomic E-state index is 3.57. The monoisotopic (exact) mass is 266 g/mol. The minimum atomic E-state index is 0.899. The van der Waals surface area contributed by atoms with Crippen molar-refractivity contribution in [2.24, 2.45) is 11.8 Å². The van der Waals surface area contributed by atoms with Gasteiger partial charge in [0.2, 0.25) is 0 Å². The van der Waals surface area contributed by atoms with Gasteiger partial charge < -0.3 is 10.2 Å². The van der Waals surface area contributed by atoms with Crippen LogP contribution in [-0.4, -0.2) is 37.1 Å². The predicted octanol–water partition coefficient (Wildman–Crippen LogP) is 3.67. The van der Waals surface area contributed by atoms with E-state index in [-0.39, 0.29) is 0 Å². The van der Waals surface area contributed by atoms with Crippen molar-refractivity contribution in [2.45, 2.75) is 71.3 Å². The molecule has 19 heavy (non-hydrogen) atoms. The lowest BCUT2D eigenvalue weighted by Gasteiger charge is -2.37. The Morgan fingerprint density at radius 2 is 2.11 bits per heavy atom. The molecule has 0 radical (unpaired) electrons. The molecular formula is C17H34N2. The first-order chi connectivity index (χ1) is 9.31. The number of nitrogens with one attached hydrogen (secondary N) is 1. The number of nitrogens with zero attached hydrogens (tertiary/aromatic N) is 1. The summed E-state index contributed by atoms with van der Waals surface area (Å²) in [6, 6.07) is 0.899. The zero-order valence-corrected chi connectivity index (χ0v) is 13.2. The van der Waals surface area contributed by atoms with Gasteiger partial charge in [-0.25, -0.2) is 0 Å². The first-order valence-electron chi connectivity index (χ1n) is 8.76. The Bertz CT molecular complexity index is 233. The van der Waals surface area contributed by atoms with Gasteiger partial charge in [0.05, 0.1) is 0 Å². The van der Waals surface area contributed by atoms with E-state index in [1.54, 1.807) is 0 Å². The lowest BCUT2D eigenvalue weighted by molar-refractivity contribution is 0.123. The second kappa shape index (κ2) is 8.26. The third-order valence-electron chi connectivity index (χ3n) is 5.38. The van der Waals surface area contributed by atoms with Crippen molar-refractivity contribution < 1.29 is 0 Å². The quantitative estimate of drug-likeness (QED) is 0.789. The van der Waals surface area contributed by atoms with Crippen molar-refractivity contribution in [3.05, 3.63) is 0 Å². The van der Waals surface area contributed by atoms with E-state index in [9.17, 15) is 0 Å². The van der Waals surface area contributed by atoms with Crippen LogP contribution in [0.4, 0.5) is 0 Å². The molecule has 0 aromatic rings. The number of hydrogen-bond acceptors (Lipinski definition) is 2. The molecule has 2 fully saturated rings. The van der Waals surface area contributed by atoms with E-state index in [4.69, 9.17) is 0 Å². The molecule has 2 heteroatoms. The van der Waals surface area contributed by atoms with E-state index in [2.05, 4.69) is 24.1 Å². The summed E-state index contributed by atoms with van der Waals surface area (Å²) >= 11 is 0. The lowest BCUT2D eigenvalue weighted by atomic mass is 9.85. The van der Waals surface area contributed by atoms with Gasteiger partial charge in [-0.15, -0.1) is 0 Å². The largest absolute Gasteiger partial charge is 0.316 e. The van der Waals surface area contributed by atoms with Gasteiger partial charge in [0.25, 0.3) is 0 Å². The smallest absolute Gasteiger partial charge is 0.00951 e. The molecule has 0 amide bonds. The number of piperidine rings is 2. The molecule has 112 valence electrons. The molecule has 0 bridgehead atoms. The maximum absolute atomic E-state index is 3.57. The van der Waals surface area contributed by atoms with E-state index in [0.717, 1.165) is 17.9 Å². The molecule has 3 atom stereocenters. The van der Waals surface area contributed by atoms with Crippen molar-refractivity contribution >= 4 is 0 Å². The topological polar surface area (TPSA) is 15.3 Å². The average Bonchev–Trinajstić information content (AvgIpc) is 2.47. The Morgan fingerprint density at radius 1 is 1.21 bits per heavy atom. The zero-order valence-electron chi connectivity index (χ0n) is 13.2. The molecule has 0 spiro atoms. The Kier molecular flexibility index (Phi) is 6.66. The van der Waals surface area contributed by atoms with Crippen molar-refractivity contribution in [1.29, 1.82) is 0 Å². The minimum Gasteiger partial charge on any atom is -0.316 e. The van der Waals surface area contributed by atoms with Gasteiger partial charge in [0, 0.05) is 6.04 Å². The van der Waals surface area contributed by atoms with E-state index in [1.807, 2.05) is 0 Å². The van der Waals surface area contributed by atoms with Gasteiger partial charge in [-0.1, -0.05) is 26.7 Å². The Hall–Kier alpha value is -0.0800. The van der Waals surface area contributed by atoms with Gasteiger partial charge in [-0.3, -0.25) is 0 Å². The fourth-order valence-corrected chi connectivity index (χ4v) is 3.98. The summed E-state index contributed by atoms with van der Waals surface area (Å²) in [5.41, 5.74) is 0. The first-order valence-corrected chi connectivity index (χ1v) is 8.76. The SMILES string of the molecule is CCCC1CCCCN1CCC(C)C1CCCNC1. The molecule has 2 rings (SSSR count). The Labute approximate surface area is 120 Å². The molecular weight excluding hydrogens is 232 g/mol. The van der Waals surface area contributed by atoms with E-state index in [1.165, 1.54) is 77.5 Å². The summed E-state index contributed by atoms with van der Waals surface area (Å²) in [7, 11) is 0. The molecule has 0 aromatic heterocycles. The van der Waals surface area contributed by atoms with Crippen LogP contribution in [0.1, 0.15) is 65.2 Å². The molecule has 0 aliphatic carbocycles. The molecule has 2 saturated heterocycles. The molecule has 2 nitrogen and oxygen atoms in total. The number of likely N-dealkylation sites (tertiary alicyclic amines) is 1. The van der Waals surface area contributed by atoms with Gasteiger partial charge in [-0.05, 0) is 76.5 Å². The molecule has 2 aliphatic heterocycles. The van der Waals surface area contributed by atoms with E-state index in [0.29, 0.717) is 0 Å². The van der Waals surface area contributed by atoms with Crippen LogP contribution in [0.2, 0.25) is 0 Å². The summed E-state index contributed by atoms with van der Waals surface area (Å²) in [4.78, 5) is 2.81. The van der Waals surface area contributed by atoms with Crippen LogP contribution in [0.15, 0.2) is 0 Å². The second-order valence-corrected chi connectivity index (χ2v) is 6.85. The van der Waals surface area contributed by atoms with Crippen molar-refractivity contribution in [1.82, 2.24) is 10.2 Å². The van der Waals surface area contributed by atoms with E-state index >= 15 is 0 Å². The van der Waals surface area contributed by atoms with Crippen LogP contribution < -0.4 is 5.32 Å². The number of hydrogen-bond donors (Lipinski definition) is 1. The van der Waals surface area contributed by atoms with Crippen LogP contribution in [-0.2, 0) is 0 Å². The Morgan fingerprint density at radius 3 is 2.84 bits per heavy atom. The standard InChI is InChI=1S/C17H34N2/c1-3-7-17-9-4-5-12-19(17)13-10-15(2)16-8-6-11-18-14-16/h15-18H,3-14H2,1-2H3. The predicted molar refractivity (Wildman–Crippen MR) is 83.5 cm³/mol. The highest BCUT2D eigenvalue weighted by Gasteiger charge is 2.24. The van der Waals surface area contributed by atoms with Crippen molar-refractivity contribution in [3.63, 3.8) is 0 Å². The highest BCUT2D eigenvalue weighted by atomic mass is 15.2. The van der Waals surface area contributed by atoms with Gasteiger partial charge >= 0.3 is 0 Å². The van der Waals surface area contributed by atoms with Crippen LogP contribution in [0.25, 0.3) is 0 Å². The molecule has 2 aliphatic rings. The van der Waals surface area contributed by atoms with Crippen LogP contribution >= 0.6 is 0 Å². The molecule has 1 N–H and O–H groups in total. The molecule has 3 unspecified atom stereocenters. The summed E-state index contributed by atoms with van der Waals surface area (Å²) in [5, 5.41) is 3.57. The van der Waals surface area contributed by atoms with Crippen molar-refractivity contribution in [2.75, 3.05) is 26.2 Å². The fraction of sp³-hybridized carbons (Fsp3) is 1.00. The molecule has 0 aromatic carbocycles. The Balaban J connectivity index is 1.72. The van der Waals surface area contributed by atoms with Crippen LogP contribution in [0, 0.1) is 11.8 Å². The summed E-state index contributed by atoms with van der Waals surface area (Å²) < 4.78 is 0. The summed E-state index contributed by atoms with van der Waals surface area (Å²) in [6.07, 6.45) is 11.4.